The average Bonchev–Trinajstić information content (AvgIpc) is 2.20. The molecule has 1 saturated carbocycles. The van der Waals surface area contributed by atoms with E-state index in [-0.39, 0.29) is 0 Å². The third kappa shape index (κ3) is 1.04. The number of hydrogen-bond acceptors (Lipinski definition) is 4. The molecule has 0 spiro atoms. The molecule has 1 heterocycles. The minimum atomic E-state index is -2.61. The highest BCUT2D eigenvalue weighted by atomic mass is 32.3. The van der Waals surface area contributed by atoms with Crippen LogP contribution >= 0.6 is 11.0 Å². The van der Waals surface area contributed by atoms with E-state index in [1.54, 1.807) is 0 Å². The Hall–Kier alpha value is 0.190. The molecule has 2 unspecified atom stereocenters. The van der Waals surface area contributed by atoms with E-state index in [1.807, 2.05) is 0 Å². The maximum absolute atomic E-state index is 9.12. The zero-order valence-electron chi connectivity index (χ0n) is 5.58. The molecule has 60 valence electrons. The van der Waals surface area contributed by atoms with Crippen molar-refractivity contribution in [3.8, 4) is 0 Å². The lowest BCUT2D eigenvalue weighted by molar-refractivity contribution is 0.466. The van der Waals surface area contributed by atoms with Crippen LogP contribution in [-0.2, 0) is 0 Å². The van der Waals surface area contributed by atoms with E-state index in [1.165, 1.54) is 6.42 Å². The van der Waals surface area contributed by atoms with E-state index in [0.29, 0.717) is 12.1 Å². The number of fused-ring (bicyclic) bond motifs is 1. The molecule has 1 saturated heterocycles. The second-order valence-corrected chi connectivity index (χ2v) is 4.50. The molecule has 1 aliphatic carbocycles. The van der Waals surface area contributed by atoms with E-state index >= 15 is 0 Å². The summed E-state index contributed by atoms with van der Waals surface area (Å²) < 4.78 is 23.8. The molecule has 0 bridgehead atoms. The van der Waals surface area contributed by atoms with Crippen molar-refractivity contribution >= 4 is 11.0 Å². The molecular weight excluding hydrogens is 152 g/mol. The van der Waals surface area contributed by atoms with Crippen LogP contribution in [0.5, 0.6) is 0 Å². The van der Waals surface area contributed by atoms with Gasteiger partial charge in [-0.15, -0.1) is 0 Å². The van der Waals surface area contributed by atoms with Crippen molar-refractivity contribution in [2.75, 3.05) is 0 Å². The number of nitrogens with one attached hydrogen (secondary N) is 2. The Morgan fingerprint density at radius 1 is 1.10 bits per heavy atom. The van der Waals surface area contributed by atoms with Crippen LogP contribution in [0.25, 0.3) is 0 Å². The lowest BCUT2D eigenvalue weighted by Gasteiger charge is -2.27. The molecule has 2 aliphatic rings. The van der Waals surface area contributed by atoms with Gasteiger partial charge in [0.05, 0.1) is 0 Å². The Morgan fingerprint density at radius 3 is 2.10 bits per heavy atom. The first-order valence-corrected chi connectivity index (χ1v) is 5.05. The first-order valence-electron chi connectivity index (χ1n) is 3.50. The molecule has 0 aromatic carbocycles. The summed E-state index contributed by atoms with van der Waals surface area (Å²) in [4.78, 5) is 0. The molecule has 0 radical (unpaired) electrons. The van der Waals surface area contributed by atoms with E-state index in [2.05, 4.69) is 9.44 Å². The maximum atomic E-state index is 9.12. The number of rotatable bonds is 0. The predicted octanol–water partition coefficient (Wildman–Crippen LogP) is 0.681. The lowest BCUT2D eigenvalue weighted by atomic mass is 10.2. The van der Waals surface area contributed by atoms with E-state index in [4.69, 9.17) is 9.11 Å². The minimum absolute atomic E-state index is 0.296. The normalized spacial score (nSPS) is 47.0. The average molecular weight is 164 g/mol. The van der Waals surface area contributed by atoms with Gasteiger partial charge in [-0.05, 0) is 12.8 Å². The fourth-order valence-corrected chi connectivity index (χ4v) is 3.17. The van der Waals surface area contributed by atoms with Crippen molar-refractivity contribution in [2.45, 2.75) is 31.3 Å². The van der Waals surface area contributed by atoms with E-state index in [0.717, 1.165) is 12.8 Å². The smallest absolute Gasteiger partial charge is 0.0443 e. The molecule has 2 atom stereocenters. The third-order valence-corrected chi connectivity index (χ3v) is 3.41. The molecule has 4 N–H and O–H groups in total. The van der Waals surface area contributed by atoms with Crippen molar-refractivity contribution in [1.29, 1.82) is 0 Å². The molecule has 0 aromatic heterocycles. The van der Waals surface area contributed by atoms with Crippen LogP contribution in [0.1, 0.15) is 19.3 Å². The first kappa shape index (κ1) is 6.87. The fraction of sp³-hybridized carbons (Fsp3) is 1.00. The molecular formula is C5H12N2O2S. The maximum Gasteiger partial charge on any atom is 0.0443 e. The summed E-state index contributed by atoms with van der Waals surface area (Å²) in [5, 5.41) is 0. The largest absolute Gasteiger partial charge is 0.273 e. The highest BCUT2D eigenvalue weighted by Gasteiger charge is 2.39. The monoisotopic (exact) mass is 164 g/mol. The molecule has 4 nitrogen and oxygen atoms in total. The van der Waals surface area contributed by atoms with Gasteiger partial charge in [-0.1, -0.05) is 17.4 Å². The van der Waals surface area contributed by atoms with Gasteiger partial charge in [-0.3, -0.25) is 9.11 Å². The molecule has 0 aromatic rings. The van der Waals surface area contributed by atoms with Crippen LogP contribution in [0.2, 0.25) is 0 Å². The van der Waals surface area contributed by atoms with Crippen molar-refractivity contribution in [3.05, 3.63) is 0 Å². The van der Waals surface area contributed by atoms with Gasteiger partial charge in [0.2, 0.25) is 0 Å². The highest BCUT2D eigenvalue weighted by Crippen LogP contribution is 2.41. The summed E-state index contributed by atoms with van der Waals surface area (Å²) in [5.41, 5.74) is 0. The first-order chi connectivity index (χ1) is 4.67. The van der Waals surface area contributed by atoms with Crippen molar-refractivity contribution in [3.63, 3.8) is 0 Å². The van der Waals surface area contributed by atoms with Gasteiger partial charge in [-0.2, -0.15) is 0 Å². The van der Waals surface area contributed by atoms with Crippen molar-refractivity contribution in [2.24, 2.45) is 0 Å². The summed E-state index contributed by atoms with van der Waals surface area (Å²) in [6.07, 6.45) is 3.31. The fourth-order valence-electron chi connectivity index (χ4n) is 1.70. The van der Waals surface area contributed by atoms with Gasteiger partial charge in [0.25, 0.3) is 0 Å². The van der Waals surface area contributed by atoms with Gasteiger partial charge in [0.1, 0.15) is 0 Å². The SMILES string of the molecule is OS1(O)NC2CCCC2N1. The van der Waals surface area contributed by atoms with Gasteiger partial charge in [0, 0.05) is 12.1 Å². The molecule has 5 heteroatoms. The summed E-state index contributed by atoms with van der Waals surface area (Å²) in [6, 6.07) is 0.593. The van der Waals surface area contributed by atoms with Crippen LogP contribution in [0.15, 0.2) is 0 Å². The Bertz CT molecular complexity index is 139. The molecule has 0 amide bonds. The van der Waals surface area contributed by atoms with Gasteiger partial charge in [0.15, 0.2) is 0 Å². The third-order valence-electron chi connectivity index (χ3n) is 2.15. The highest BCUT2D eigenvalue weighted by molar-refractivity contribution is 8.21. The van der Waals surface area contributed by atoms with Crippen molar-refractivity contribution in [1.82, 2.24) is 9.44 Å². The van der Waals surface area contributed by atoms with Crippen LogP contribution in [-0.4, -0.2) is 21.2 Å². The van der Waals surface area contributed by atoms with Gasteiger partial charge in [-0.25, -0.2) is 9.44 Å². The summed E-state index contributed by atoms with van der Waals surface area (Å²) in [7, 11) is -2.61. The lowest BCUT2D eigenvalue weighted by Crippen LogP contribution is -2.26. The van der Waals surface area contributed by atoms with Crippen LogP contribution in [0.3, 0.4) is 0 Å². The predicted molar refractivity (Wildman–Crippen MR) is 40.5 cm³/mol. The second-order valence-electron chi connectivity index (χ2n) is 2.93. The Morgan fingerprint density at radius 2 is 1.60 bits per heavy atom. The minimum Gasteiger partial charge on any atom is -0.273 e. The molecule has 2 rings (SSSR count). The molecule has 1 aliphatic heterocycles. The molecule has 2 fully saturated rings. The second kappa shape index (κ2) is 2.09. The van der Waals surface area contributed by atoms with Gasteiger partial charge >= 0.3 is 0 Å². The molecule has 10 heavy (non-hydrogen) atoms. The Kier molecular flexibility index (Phi) is 1.43. The zero-order chi connectivity index (χ0) is 7.19. The van der Waals surface area contributed by atoms with Crippen LogP contribution in [0.4, 0.5) is 0 Å². The standard InChI is InChI=1S/C5H12N2O2S/c8-10(9)6-4-2-1-3-5(4)7-10/h4-9H,1-3H2. The quantitative estimate of drug-likeness (QED) is 0.425. The Labute approximate surface area is 61.6 Å². The van der Waals surface area contributed by atoms with Gasteiger partial charge < -0.3 is 0 Å². The van der Waals surface area contributed by atoms with E-state index in [9.17, 15) is 0 Å². The summed E-state index contributed by atoms with van der Waals surface area (Å²) in [6.45, 7) is 0. The summed E-state index contributed by atoms with van der Waals surface area (Å²) in [5.74, 6) is 0. The zero-order valence-corrected chi connectivity index (χ0v) is 6.40. The summed E-state index contributed by atoms with van der Waals surface area (Å²) >= 11 is 0. The van der Waals surface area contributed by atoms with E-state index < -0.39 is 11.0 Å². The Balaban J connectivity index is 2.07. The number of hydrogen-bond donors (Lipinski definition) is 4. The van der Waals surface area contributed by atoms with Crippen LogP contribution in [0, 0.1) is 0 Å². The van der Waals surface area contributed by atoms with Crippen molar-refractivity contribution < 1.29 is 9.11 Å². The van der Waals surface area contributed by atoms with Crippen LogP contribution < -0.4 is 9.44 Å². The topological polar surface area (TPSA) is 64.5 Å².